The molecule has 0 bridgehead atoms. The van der Waals surface area contributed by atoms with Crippen molar-refractivity contribution in [1.82, 2.24) is 0 Å². The van der Waals surface area contributed by atoms with Crippen LogP contribution in [-0.2, 0) is 0 Å². The molecule has 0 radical (unpaired) electrons. The van der Waals surface area contributed by atoms with Gasteiger partial charge in [-0.25, -0.2) is 0 Å². The molecular formula is C46H28OS. The maximum atomic E-state index is 6.48. The van der Waals surface area contributed by atoms with Gasteiger partial charge < -0.3 is 4.42 Å². The van der Waals surface area contributed by atoms with Crippen molar-refractivity contribution >= 4 is 97.9 Å². The van der Waals surface area contributed by atoms with Crippen LogP contribution < -0.4 is 10.4 Å². The van der Waals surface area contributed by atoms with Crippen molar-refractivity contribution in [2.75, 3.05) is 0 Å². The summed E-state index contributed by atoms with van der Waals surface area (Å²) in [6.45, 7) is 0. The summed E-state index contributed by atoms with van der Waals surface area (Å²) in [5.41, 5.74) is 7.10. The normalized spacial score (nSPS) is 13.2. The molecule has 2 aromatic heterocycles. The highest BCUT2D eigenvalue weighted by atomic mass is 32.1. The Balaban J connectivity index is 1.34. The van der Waals surface area contributed by atoms with Gasteiger partial charge in [0.1, 0.15) is 11.2 Å². The lowest BCUT2D eigenvalue weighted by Crippen LogP contribution is -2.31. The summed E-state index contributed by atoms with van der Waals surface area (Å²) >= 11 is 1.89. The summed E-state index contributed by atoms with van der Waals surface area (Å²) < 4.78 is 9.11. The molecule has 0 saturated carbocycles. The Morgan fingerprint density at radius 3 is 1.96 bits per heavy atom. The van der Waals surface area contributed by atoms with Gasteiger partial charge in [0.05, 0.1) is 0 Å². The molecule has 0 aliphatic heterocycles. The largest absolute Gasteiger partial charge is 0.456 e. The van der Waals surface area contributed by atoms with Gasteiger partial charge in [0.2, 0.25) is 0 Å². The lowest BCUT2D eigenvalue weighted by atomic mass is 9.84. The average Bonchev–Trinajstić information content (AvgIpc) is 3.70. The predicted octanol–water partition coefficient (Wildman–Crippen LogP) is 12.1. The second-order valence-electron chi connectivity index (χ2n) is 13.1. The summed E-state index contributed by atoms with van der Waals surface area (Å²) in [6.07, 6.45) is 7.06. The predicted molar refractivity (Wildman–Crippen MR) is 207 cm³/mol. The minimum absolute atomic E-state index is 0.933. The van der Waals surface area contributed by atoms with E-state index in [1.165, 1.54) is 90.6 Å². The Morgan fingerprint density at radius 2 is 1.10 bits per heavy atom. The maximum Gasteiger partial charge on any atom is 0.136 e. The molecule has 10 aromatic rings. The van der Waals surface area contributed by atoms with Gasteiger partial charge in [-0.3, -0.25) is 0 Å². The standard InChI is InChI=1S/C46H28OS/c1-2-12-28-23-29(22-21-27(28)11-1)44-32-15-3-5-17-34(32)45(35-18-6-4-16-33(35)44)38-25-39-31-14-8-10-20-43(31)48-46(39)40-26-42-37(24-36(38)40)30-13-7-9-19-41(30)47-42/h1-3,5,7-26H,4,6H2. The summed E-state index contributed by atoms with van der Waals surface area (Å²) in [5, 5.41) is 15.3. The van der Waals surface area contributed by atoms with E-state index in [0.29, 0.717) is 0 Å². The average molecular weight is 629 g/mol. The smallest absolute Gasteiger partial charge is 0.136 e. The molecule has 0 atom stereocenters. The molecule has 224 valence electrons. The number of hydrogen-bond donors (Lipinski definition) is 0. The van der Waals surface area contributed by atoms with Crippen LogP contribution in [0.3, 0.4) is 0 Å². The quantitative estimate of drug-likeness (QED) is 0.186. The SMILES string of the molecule is C1=c2c(-c3ccc4ccccc4c3)c3ccccc3c(-c3cc4c5ccccc5sc4c4cc5oc6ccccc6c5cc34)c2=CCC1. The minimum Gasteiger partial charge on any atom is -0.456 e. The van der Waals surface area contributed by atoms with Crippen LogP contribution in [0.5, 0.6) is 0 Å². The zero-order valence-corrected chi connectivity index (χ0v) is 26.9. The van der Waals surface area contributed by atoms with Crippen LogP contribution in [0.1, 0.15) is 12.8 Å². The summed E-state index contributed by atoms with van der Waals surface area (Å²) in [5.74, 6) is 0. The van der Waals surface area contributed by atoms with E-state index in [2.05, 4.69) is 146 Å². The third-order valence-corrected chi connectivity index (χ3v) is 11.7. The Morgan fingerprint density at radius 1 is 0.438 bits per heavy atom. The Labute approximate surface area is 280 Å². The first-order chi connectivity index (χ1) is 23.8. The molecule has 8 aromatic carbocycles. The van der Waals surface area contributed by atoms with Gasteiger partial charge in [0.25, 0.3) is 0 Å². The zero-order valence-electron chi connectivity index (χ0n) is 26.1. The first-order valence-electron chi connectivity index (χ1n) is 16.7. The van der Waals surface area contributed by atoms with Gasteiger partial charge >= 0.3 is 0 Å². The van der Waals surface area contributed by atoms with Crippen molar-refractivity contribution in [1.29, 1.82) is 0 Å². The number of para-hydroxylation sites is 1. The molecule has 0 amide bonds. The molecule has 11 rings (SSSR count). The fraction of sp³-hybridized carbons (Fsp3) is 0.0435. The van der Waals surface area contributed by atoms with E-state index in [1.807, 2.05) is 11.3 Å². The van der Waals surface area contributed by atoms with Gasteiger partial charge in [0, 0.05) is 36.3 Å². The first kappa shape index (κ1) is 26.4. The maximum absolute atomic E-state index is 6.48. The molecule has 1 aliphatic rings. The molecule has 1 aliphatic carbocycles. The summed E-state index contributed by atoms with van der Waals surface area (Å²) in [6, 6.07) is 49.2. The van der Waals surface area contributed by atoms with Crippen LogP contribution in [0.15, 0.2) is 138 Å². The van der Waals surface area contributed by atoms with Gasteiger partial charge in [0.15, 0.2) is 0 Å². The number of rotatable bonds is 2. The monoisotopic (exact) mass is 628 g/mol. The lowest BCUT2D eigenvalue weighted by Gasteiger charge is -2.19. The third kappa shape index (κ3) is 3.67. The van der Waals surface area contributed by atoms with Crippen LogP contribution in [-0.4, -0.2) is 0 Å². The molecular weight excluding hydrogens is 601 g/mol. The minimum atomic E-state index is 0.933. The van der Waals surface area contributed by atoms with Crippen LogP contribution in [0.25, 0.3) is 109 Å². The van der Waals surface area contributed by atoms with Crippen molar-refractivity contribution in [3.05, 3.63) is 144 Å². The third-order valence-electron chi connectivity index (χ3n) is 10.4. The first-order valence-corrected chi connectivity index (χ1v) is 17.6. The van der Waals surface area contributed by atoms with Crippen LogP contribution in [0, 0.1) is 0 Å². The van der Waals surface area contributed by atoms with Crippen molar-refractivity contribution in [2.24, 2.45) is 0 Å². The van der Waals surface area contributed by atoms with Crippen molar-refractivity contribution in [3.8, 4) is 22.3 Å². The van der Waals surface area contributed by atoms with Gasteiger partial charge in [-0.2, -0.15) is 0 Å². The van der Waals surface area contributed by atoms with Crippen LogP contribution in [0.2, 0.25) is 0 Å². The van der Waals surface area contributed by atoms with Crippen molar-refractivity contribution in [2.45, 2.75) is 12.8 Å². The molecule has 0 unspecified atom stereocenters. The Bertz CT molecular complexity index is 3120. The second-order valence-corrected chi connectivity index (χ2v) is 14.1. The Kier molecular flexibility index (Phi) is 5.44. The van der Waals surface area contributed by atoms with E-state index >= 15 is 0 Å². The number of hydrogen-bond acceptors (Lipinski definition) is 2. The van der Waals surface area contributed by atoms with E-state index in [9.17, 15) is 0 Å². The van der Waals surface area contributed by atoms with Gasteiger partial charge in [-0.1, -0.05) is 109 Å². The van der Waals surface area contributed by atoms with Crippen LogP contribution in [0.4, 0.5) is 0 Å². The summed E-state index contributed by atoms with van der Waals surface area (Å²) in [7, 11) is 0. The van der Waals surface area contributed by atoms with E-state index in [1.54, 1.807) is 0 Å². The summed E-state index contributed by atoms with van der Waals surface area (Å²) in [4.78, 5) is 0. The molecule has 0 fully saturated rings. The molecule has 2 heteroatoms. The second kappa shape index (κ2) is 9.90. The number of fused-ring (bicyclic) bond motifs is 11. The molecule has 48 heavy (non-hydrogen) atoms. The molecule has 0 N–H and O–H groups in total. The van der Waals surface area contributed by atoms with Gasteiger partial charge in [-0.15, -0.1) is 11.3 Å². The van der Waals surface area contributed by atoms with E-state index in [0.717, 1.165) is 29.4 Å². The van der Waals surface area contributed by atoms with E-state index in [4.69, 9.17) is 4.42 Å². The topological polar surface area (TPSA) is 13.1 Å². The van der Waals surface area contributed by atoms with Crippen LogP contribution >= 0.6 is 11.3 Å². The highest BCUT2D eigenvalue weighted by Crippen LogP contribution is 2.46. The Hall–Kier alpha value is -5.70. The van der Waals surface area contributed by atoms with Crippen molar-refractivity contribution in [3.63, 3.8) is 0 Å². The van der Waals surface area contributed by atoms with Gasteiger partial charge in [-0.05, 0) is 109 Å². The number of thiophene rings is 1. The number of furan rings is 1. The van der Waals surface area contributed by atoms with E-state index < -0.39 is 0 Å². The highest BCUT2D eigenvalue weighted by Gasteiger charge is 2.21. The lowest BCUT2D eigenvalue weighted by molar-refractivity contribution is 0.669. The molecule has 0 spiro atoms. The van der Waals surface area contributed by atoms with Crippen molar-refractivity contribution < 1.29 is 4.42 Å². The molecule has 0 saturated heterocycles. The van der Waals surface area contributed by atoms with E-state index in [-0.39, 0.29) is 0 Å². The molecule has 2 heterocycles. The highest BCUT2D eigenvalue weighted by molar-refractivity contribution is 7.26. The fourth-order valence-corrected chi connectivity index (χ4v) is 9.54. The zero-order chi connectivity index (χ0) is 31.3. The number of benzene rings is 8. The fourth-order valence-electron chi connectivity index (χ4n) is 8.32. The molecule has 1 nitrogen and oxygen atoms in total.